The molecule has 0 spiro atoms. The molecule has 0 aromatic carbocycles. The van der Waals surface area contributed by atoms with Crippen LogP contribution in [0.2, 0.25) is 0 Å². The van der Waals surface area contributed by atoms with Gasteiger partial charge in [-0.3, -0.25) is 4.68 Å². The van der Waals surface area contributed by atoms with Crippen molar-refractivity contribution in [3.05, 3.63) is 12.7 Å². The minimum Gasteiger partial charge on any atom is -0.387 e. The topological polar surface area (TPSA) is 77.0 Å². The highest BCUT2D eigenvalue weighted by molar-refractivity contribution is 4.73. The molecule has 1 atom stereocenters. The monoisotopic (exact) mass is 156 g/mol. The Morgan fingerprint density at radius 1 is 1.73 bits per heavy atom. The molecule has 0 saturated carbocycles. The summed E-state index contributed by atoms with van der Waals surface area (Å²) in [7, 11) is 0. The molecule has 3 N–H and O–H groups in total. The molecule has 1 heterocycles. The Kier molecular flexibility index (Phi) is 2.21. The lowest BCUT2D eigenvalue weighted by atomic mass is 10.1. The minimum absolute atomic E-state index is 0.215. The summed E-state index contributed by atoms with van der Waals surface area (Å²) in [5, 5.41) is 13.3. The van der Waals surface area contributed by atoms with Crippen molar-refractivity contribution < 1.29 is 5.11 Å². The molecule has 11 heavy (non-hydrogen) atoms. The Morgan fingerprint density at radius 3 is 2.91 bits per heavy atom. The predicted molar refractivity (Wildman–Crippen MR) is 39.7 cm³/mol. The van der Waals surface area contributed by atoms with Gasteiger partial charge in [0.15, 0.2) is 0 Å². The van der Waals surface area contributed by atoms with Crippen LogP contribution in [0.3, 0.4) is 0 Å². The number of hydrogen-bond acceptors (Lipinski definition) is 4. The van der Waals surface area contributed by atoms with Crippen molar-refractivity contribution in [3.8, 4) is 0 Å². The summed E-state index contributed by atoms with van der Waals surface area (Å²) in [5.41, 5.74) is 4.42. The van der Waals surface area contributed by atoms with Crippen molar-refractivity contribution in [2.24, 2.45) is 5.73 Å². The molecule has 5 heteroatoms. The molecule has 0 aliphatic rings. The maximum atomic E-state index is 9.48. The number of nitrogens with two attached hydrogens (primary N) is 1. The van der Waals surface area contributed by atoms with Crippen LogP contribution >= 0.6 is 0 Å². The van der Waals surface area contributed by atoms with Crippen molar-refractivity contribution in [1.29, 1.82) is 0 Å². The molecular formula is C6H12N4O. The van der Waals surface area contributed by atoms with Crippen LogP contribution in [-0.4, -0.2) is 32.0 Å². The average Bonchev–Trinajstić information content (AvgIpc) is 2.39. The highest BCUT2D eigenvalue weighted by atomic mass is 16.3. The van der Waals surface area contributed by atoms with Crippen molar-refractivity contribution in [3.63, 3.8) is 0 Å². The van der Waals surface area contributed by atoms with Crippen molar-refractivity contribution in [2.75, 3.05) is 6.54 Å². The molecule has 62 valence electrons. The van der Waals surface area contributed by atoms with E-state index in [9.17, 15) is 5.11 Å². The molecule has 0 saturated heterocycles. The van der Waals surface area contributed by atoms with E-state index in [-0.39, 0.29) is 6.54 Å². The predicted octanol–water partition coefficient (Wildman–Crippen LogP) is -1.01. The first kappa shape index (κ1) is 8.16. The summed E-state index contributed by atoms with van der Waals surface area (Å²) in [6.07, 6.45) is 2.97. The lowest BCUT2D eigenvalue weighted by Crippen LogP contribution is -2.38. The lowest BCUT2D eigenvalue weighted by Gasteiger charge is -2.19. The number of aromatic nitrogens is 3. The maximum Gasteiger partial charge on any atom is 0.137 e. The first-order chi connectivity index (χ1) is 5.14. The molecule has 1 aromatic rings. The summed E-state index contributed by atoms with van der Waals surface area (Å²) in [6, 6.07) is 0. The molecule has 0 fully saturated rings. The Balaban J connectivity index is 2.56. The first-order valence-corrected chi connectivity index (χ1v) is 3.39. The Labute approximate surface area is 64.9 Å². The highest BCUT2D eigenvalue weighted by Crippen LogP contribution is 2.02. The smallest absolute Gasteiger partial charge is 0.137 e. The van der Waals surface area contributed by atoms with Gasteiger partial charge in [-0.1, -0.05) is 0 Å². The SMILES string of the molecule is CC(O)(CN)Cn1cncn1. The van der Waals surface area contributed by atoms with Crippen LogP contribution in [0, 0.1) is 0 Å². The first-order valence-electron chi connectivity index (χ1n) is 3.39. The number of nitrogens with zero attached hydrogens (tertiary/aromatic N) is 3. The Hall–Kier alpha value is -0.940. The fraction of sp³-hybridized carbons (Fsp3) is 0.667. The van der Waals surface area contributed by atoms with Crippen LogP contribution in [0.15, 0.2) is 12.7 Å². The van der Waals surface area contributed by atoms with Gasteiger partial charge >= 0.3 is 0 Å². The van der Waals surface area contributed by atoms with Crippen molar-refractivity contribution in [1.82, 2.24) is 14.8 Å². The summed E-state index contributed by atoms with van der Waals surface area (Å²) in [6.45, 7) is 2.26. The van der Waals surface area contributed by atoms with E-state index >= 15 is 0 Å². The van der Waals surface area contributed by atoms with Gasteiger partial charge in [0.05, 0.1) is 12.1 Å². The lowest BCUT2D eigenvalue weighted by molar-refractivity contribution is 0.0470. The van der Waals surface area contributed by atoms with Crippen molar-refractivity contribution >= 4 is 0 Å². The van der Waals surface area contributed by atoms with Gasteiger partial charge in [-0.05, 0) is 6.92 Å². The average molecular weight is 156 g/mol. The maximum absolute atomic E-state index is 9.48. The molecule has 5 nitrogen and oxygen atoms in total. The quantitative estimate of drug-likeness (QED) is 0.587. The van der Waals surface area contributed by atoms with Gasteiger partial charge in [0, 0.05) is 6.54 Å². The second-order valence-corrected chi connectivity index (χ2v) is 2.79. The molecule has 0 bridgehead atoms. The van der Waals surface area contributed by atoms with E-state index in [4.69, 9.17) is 5.73 Å². The largest absolute Gasteiger partial charge is 0.387 e. The molecule has 1 rings (SSSR count). The van der Waals surface area contributed by atoms with E-state index in [1.165, 1.54) is 6.33 Å². The third-order valence-corrected chi connectivity index (χ3v) is 1.41. The molecule has 0 radical (unpaired) electrons. The van der Waals surface area contributed by atoms with E-state index in [1.807, 2.05) is 0 Å². The fourth-order valence-corrected chi connectivity index (χ4v) is 0.728. The summed E-state index contributed by atoms with van der Waals surface area (Å²) < 4.78 is 1.55. The van der Waals surface area contributed by atoms with Gasteiger partial charge in [0.25, 0.3) is 0 Å². The third kappa shape index (κ3) is 2.28. The van der Waals surface area contributed by atoms with Gasteiger partial charge in [-0.25, -0.2) is 4.98 Å². The van der Waals surface area contributed by atoms with Crippen LogP contribution in [0.25, 0.3) is 0 Å². The third-order valence-electron chi connectivity index (χ3n) is 1.41. The van der Waals surface area contributed by atoms with Gasteiger partial charge in [-0.2, -0.15) is 5.10 Å². The summed E-state index contributed by atoms with van der Waals surface area (Å²) in [5.74, 6) is 0. The van der Waals surface area contributed by atoms with E-state index < -0.39 is 5.60 Å². The van der Waals surface area contributed by atoms with Crippen LogP contribution < -0.4 is 5.73 Å². The molecule has 0 amide bonds. The summed E-state index contributed by atoms with van der Waals surface area (Å²) in [4.78, 5) is 3.74. The zero-order chi connectivity index (χ0) is 8.32. The van der Waals surface area contributed by atoms with Gasteiger partial charge < -0.3 is 10.8 Å². The van der Waals surface area contributed by atoms with Crippen LogP contribution in [0.1, 0.15) is 6.92 Å². The van der Waals surface area contributed by atoms with Crippen LogP contribution in [0.5, 0.6) is 0 Å². The summed E-state index contributed by atoms with van der Waals surface area (Å²) >= 11 is 0. The number of hydrogen-bond donors (Lipinski definition) is 2. The van der Waals surface area contributed by atoms with E-state index in [2.05, 4.69) is 10.1 Å². The second-order valence-electron chi connectivity index (χ2n) is 2.79. The van der Waals surface area contributed by atoms with Gasteiger partial charge in [-0.15, -0.1) is 0 Å². The van der Waals surface area contributed by atoms with Crippen LogP contribution in [0.4, 0.5) is 0 Å². The van der Waals surface area contributed by atoms with Gasteiger partial charge in [0.1, 0.15) is 12.7 Å². The van der Waals surface area contributed by atoms with E-state index in [1.54, 1.807) is 17.9 Å². The molecule has 0 aliphatic carbocycles. The van der Waals surface area contributed by atoms with E-state index in [0.29, 0.717) is 6.54 Å². The minimum atomic E-state index is -0.895. The number of rotatable bonds is 3. The highest BCUT2D eigenvalue weighted by Gasteiger charge is 2.18. The Morgan fingerprint density at radius 2 is 2.45 bits per heavy atom. The molecular weight excluding hydrogens is 144 g/mol. The molecule has 0 aliphatic heterocycles. The second kappa shape index (κ2) is 2.98. The number of aliphatic hydroxyl groups is 1. The Bertz CT molecular complexity index is 206. The molecule has 1 aromatic heterocycles. The normalized spacial score (nSPS) is 16.3. The van der Waals surface area contributed by atoms with Crippen LogP contribution in [-0.2, 0) is 6.54 Å². The standard InChI is InChI=1S/C6H12N4O/c1-6(11,2-7)3-10-5-8-4-9-10/h4-5,11H,2-3,7H2,1H3. The fourth-order valence-electron chi connectivity index (χ4n) is 0.728. The van der Waals surface area contributed by atoms with E-state index in [0.717, 1.165) is 0 Å². The zero-order valence-corrected chi connectivity index (χ0v) is 6.44. The van der Waals surface area contributed by atoms with Crippen molar-refractivity contribution in [2.45, 2.75) is 19.1 Å². The molecule has 1 unspecified atom stereocenters. The van der Waals surface area contributed by atoms with Gasteiger partial charge in [0.2, 0.25) is 0 Å². The zero-order valence-electron chi connectivity index (χ0n) is 6.44.